The summed E-state index contributed by atoms with van der Waals surface area (Å²) in [6, 6.07) is 7.94. The molecule has 1 aliphatic heterocycles. The minimum atomic E-state index is -0.604. The van der Waals surface area contributed by atoms with Crippen molar-refractivity contribution < 1.29 is 9.53 Å². The van der Waals surface area contributed by atoms with Gasteiger partial charge >= 0.3 is 0 Å². The van der Waals surface area contributed by atoms with Gasteiger partial charge in [-0.25, -0.2) is 0 Å². The van der Waals surface area contributed by atoms with Crippen LogP contribution in [-0.2, 0) is 10.3 Å². The first kappa shape index (κ1) is 20.3. The van der Waals surface area contributed by atoms with E-state index in [4.69, 9.17) is 4.74 Å². The average molecular weight is 379 g/mol. The van der Waals surface area contributed by atoms with E-state index < -0.39 is 5.54 Å². The Kier molecular flexibility index (Phi) is 7.06. The smallest absolute Gasteiger partial charge is 0.248 e. The first-order chi connectivity index (χ1) is 12.1. The molecule has 0 unspecified atom stereocenters. The Morgan fingerprint density at radius 2 is 1.96 bits per heavy atom. The molecule has 1 aromatic heterocycles. The topological polar surface area (TPSA) is 68.2 Å². The number of nitrogens with zero attached hydrogens (tertiary/aromatic N) is 2. The second kappa shape index (κ2) is 9.05. The Balaban J connectivity index is 0.00000243. The van der Waals surface area contributed by atoms with Gasteiger partial charge in [0.15, 0.2) is 0 Å². The van der Waals surface area contributed by atoms with Gasteiger partial charge in [-0.05, 0) is 57.0 Å². The van der Waals surface area contributed by atoms with Gasteiger partial charge in [-0.1, -0.05) is 18.2 Å². The van der Waals surface area contributed by atoms with E-state index in [1.165, 1.54) is 0 Å². The highest BCUT2D eigenvalue weighted by molar-refractivity contribution is 5.85. The lowest BCUT2D eigenvalue weighted by molar-refractivity contribution is -0.132. The molecule has 0 atom stereocenters. The minimum Gasteiger partial charge on any atom is -0.491 e. The van der Waals surface area contributed by atoms with Crippen LogP contribution in [0.1, 0.15) is 24.0 Å². The van der Waals surface area contributed by atoms with Crippen molar-refractivity contribution in [2.75, 3.05) is 26.2 Å². The summed E-state index contributed by atoms with van der Waals surface area (Å²) >= 11 is 0. The largest absolute Gasteiger partial charge is 0.491 e. The van der Waals surface area contributed by atoms with Crippen molar-refractivity contribution in [3.05, 3.63) is 47.8 Å². The lowest BCUT2D eigenvalue weighted by atomic mass is 9.87. The van der Waals surface area contributed by atoms with Crippen LogP contribution in [0.2, 0.25) is 0 Å². The molecule has 0 saturated carbocycles. The minimum absolute atomic E-state index is 0. The summed E-state index contributed by atoms with van der Waals surface area (Å²) in [5.41, 5.74) is 1.61. The zero-order chi connectivity index (χ0) is 17.7. The third-order valence-corrected chi connectivity index (χ3v) is 4.84. The number of rotatable bonds is 6. The molecular formula is C19H27ClN4O2. The average Bonchev–Trinajstić information content (AvgIpc) is 3.16. The highest BCUT2D eigenvalue weighted by Gasteiger charge is 2.41. The van der Waals surface area contributed by atoms with E-state index >= 15 is 0 Å². The van der Waals surface area contributed by atoms with E-state index in [2.05, 4.69) is 15.7 Å². The summed E-state index contributed by atoms with van der Waals surface area (Å²) in [6.45, 7) is 6.61. The molecule has 2 N–H and O–H groups in total. The molecule has 0 spiro atoms. The second-order valence-corrected chi connectivity index (χ2v) is 6.56. The van der Waals surface area contributed by atoms with E-state index in [0.717, 1.165) is 42.8 Å². The quantitative estimate of drug-likeness (QED) is 0.756. The zero-order valence-electron chi connectivity index (χ0n) is 15.3. The second-order valence-electron chi connectivity index (χ2n) is 6.56. The number of para-hydroxylation sites is 1. The van der Waals surface area contributed by atoms with Crippen molar-refractivity contribution in [1.82, 2.24) is 20.4 Å². The van der Waals surface area contributed by atoms with E-state index in [1.807, 2.05) is 44.3 Å². The standard InChI is InChI=1S/C19H26N4O2.ClH/c1-15-5-3-6-16(2)17(15)25-14-12-21-18(24)19(7-10-20-11-8-19)23-13-4-9-22-23;/h3-6,9,13,20H,7-8,10-12,14H2,1-2H3,(H,21,24);1H. The number of hydrogen-bond acceptors (Lipinski definition) is 4. The molecule has 1 fully saturated rings. The number of piperidine rings is 1. The fourth-order valence-corrected chi connectivity index (χ4v) is 3.43. The molecule has 0 bridgehead atoms. The van der Waals surface area contributed by atoms with E-state index in [0.29, 0.717) is 13.2 Å². The zero-order valence-corrected chi connectivity index (χ0v) is 16.1. The van der Waals surface area contributed by atoms with Crippen molar-refractivity contribution in [3.8, 4) is 5.75 Å². The van der Waals surface area contributed by atoms with Crippen molar-refractivity contribution in [1.29, 1.82) is 0 Å². The van der Waals surface area contributed by atoms with Crippen LogP contribution in [0.4, 0.5) is 0 Å². The van der Waals surface area contributed by atoms with Gasteiger partial charge in [0.1, 0.15) is 17.9 Å². The first-order valence-electron chi connectivity index (χ1n) is 8.82. The van der Waals surface area contributed by atoms with E-state index in [1.54, 1.807) is 10.9 Å². The highest BCUT2D eigenvalue weighted by Crippen LogP contribution is 2.27. The van der Waals surface area contributed by atoms with Crippen molar-refractivity contribution >= 4 is 18.3 Å². The number of amides is 1. The lowest BCUT2D eigenvalue weighted by Crippen LogP contribution is -2.55. The molecule has 1 aliphatic rings. The van der Waals surface area contributed by atoms with Gasteiger partial charge in [0.05, 0.1) is 6.54 Å². The SMILES string of the molecule is Cc1cccc(C)c1OCCNC(=O)C1(n2cccn2)CCNCC1.Cl. The molecule has 1 saturated heterocycles. The molecule has 1 aromatic carbocycles. The maximum absolute atomic E-state index is 12.9. The van der Waals surface area contributed by atoms with Gasteiger partial charge in [0.25, 0.3) is 0 Å². The third kappa shape index (κ3) is 4.19. The number of carbonyl (C=O) groups is 1. The van der Waals surface area contributed by atoms with Crippen LogP contribution in [0.15, 0.2) is 36.7 Å². The van der Waals surface area contributed by atoms with Crippen molar-refractivity contribution in [3.63, 3.8) is 0 Å². The van der Waals surface area contributed by atoms with Crippen LogP contribution >= 0.6 is 12.4 Å². The summed E-state index contributed by atoms with van der Waals surface area (Å²) in [5, 5.41) is 10.7. The first-order valence-corrected chi connectivity index (χ1v) is 8.82. The number of carbonyl (C=O) groups excluding carboxylic acids is 1. The van der Waals surface area contributed by atoms with Crippen LogP contribution in [0, 0.1) is 13.8 Å². The van der Waals surface area contributed by atoms with Gasteiger partial charge < -0.3 is 15.4 Å². The fourth-order valence-electron chi connectivity index (χ4n) is 3.43. The molecule has 0 radical (unpaired) electrons. The van der Waals surface area contributed by atoms with Crippen LogP contribution in [0.25, 0.3) is 0 Å². The van der Waals surface area contributed by atoms with Crippen molar-refractivity contribution in [2.24, 2.45) is 0 Å². The monoisotopic (exact) mass is 378 g/mol. The number of benzene rings is 1. The Hall–Kier alpha value is -2.05. The maximum atomic E-state index is 12.9. The molecule has 7 heteroatoms. The normalized spacial score (nSPS) is 15.8. The number of hydrogen-bond donors (Lipinski definition) is 2. The fraction of sp³-hybridized carbons (Fsp3) is 0.474. The van der Waals surface area contributed by atoms with E-state index in [9.17, 15) is 4.79 Å². The molecule has 2 aromatic rings. The number of ether oxygens (including phenoxy) is 1. The summed E-state index contributed by atoms with van der Waals surface area (Å²) in [5.74, 6) is 0.920. The predicted molar refractivity (Wildman–Crippen MR) is 104 cm³/mol. The molecule has 3 rings (SSSR count). The van der Waals surface area contributed by atoms with Crippen LogP contribution in [-0.4, -0.2) is 41.9 Å². The number of halogens is 1. The Morgan fingerprint density at radius 1 is 1.27 bits per heavy atom. The van der Waals surface area contributed by atoms with Gasteiger partial charge in [0, 0.05) is 12.4 Å². The third-order valence-electron chi connectivity index (χ3n) is 4.84. The molecule has 2 heterocycles. The Labute approximate surface area is 160 Å². The predicted octanol–water partition coefficient (Wildman–Crippen LogP) is 2.20. The molecule has 26 heavy (non-hydrogen) atoms. The van der Waals surface area contributed by atoms with Crippen LogP contribution < -0.4 is 15.4 Å². The maximum Gasteiger partial charge on any atom is 0.248 e. The Morgan fingerprint density at radius 3 is 2.58 bits per heavy atom. The highest BCUT2D eigenvalue weighted by atomic mass is 35.5. The van der Waals surface area contributed by atoms with Gasteiger partial charge in [-0.3, -0.25) is 9.48 Å². The lowest BCUT2D eigenvalue weighted by Gasteiger charge is -2.36. The van der Waals surface area contributed by atoms with Crippen molar-refractivity contribution in [2.45, 2.75) is 32.2 Å². The number of aromatic nitrogens is 2. The van der Waals surface area contributed by atoms with E-state index in [-0.39, 0.29) is 18.3 Å². The summed E-state index contributed by atoms with van der Waals surface area (Å²) in [6.07, 6.45) is 5.07. The molecule has 0 aliphatic carbocycles. The molecule has 142 valence electrons. The molecule has 1 amide bonds. The van der Waals surface area contributed by atoms with Gasteiger partial charge in [-0.15, -0.1) is 12.4 Å². The van der Waals surface area contributed by atoms with Gasteiger partial charge in [0.2, 0.25) is 5.91 Å². The van der Waals surface area contributed by atoms with Crippen LogP contribution in [0.3, 0.4) is 0 Å². The summed E-state index contributed by atoms with van der Waals surface area (Å²) in [4.78, 5) is 12.9. The molecule has 6 nitrogen and oxygen atoms in total. The van der Waals surface area contributed by atoms with Crippen LogP contribution in [0.5, 0.6) is 5.75 Å². The molecular weight excluding hydrogens is 352 g/mol. The number of aryl methyl sites for hydroxylation is 2. The Bertz CT molecular complexity index is 692. The summed E-state index contributed by atoms with van der Waals surface area (Å²) in [7, 11) is 0. The summed E-state index contributed by atoms with van der Waals surface area (Å²) < 4.78 is 7.68. The van der Waals surface area contributed by atoms with Gasteiger partial charge in [-0.2, -0.15) is 5.10 Å². The number of nitrogens with one attached hydrogen (secondary N) is 2.